The summed E-state index contributed by atoms with van der Waals surface area (Å²) in [5.74, 6) is -0.200. The Morgan fingerprint density at radius 1 is 1.14 bits per heavy atom. The molecule has 0 aliphatic carbocycles. The van der Waals surface area contributed by atoms with Crippen LogP contribution in [0.5, 0.6) is 0 Å². The molecule has 1 aliphatic rings. The lowest BCUT2D eigenvalue weighted by Gasteiger charge is -2.36. The molecule has 0 atom stereocenters. The molecule has 0 bridgehead atoms. The number of amides is 1. The number of carbonyl (C=O) groups is 1. The number of nitrogens with zero attached hydrogens (tertiary/aromatic N) is 4. The molecule has 1 aromatic heterocycles. The van der Waals surface area contributed by atoms with Crippen molar-refractivity contribution in [2.24, 2.45) is 7.05 Å². The number of benzene rings is 1. The lowest BCUT2D eigenvalue weighted by atomic mass is 10.2. The van der Waals surface area contributed by atoms with E-state index in [9.17, 15) is 9.18 Å². The van der Waals surface area contributed by atoms with Crippen molar-refractivity contribution < 1.29 is 9.18 Å². The molecule has 6 heteroatoms. The number of rotatable bonds is 2. The van der Waals surface area contributed by atoms with Gasteiger partial charge in [0.05, 0.1) is 11.8 Å². The van der Waals surface area contributed by atoms with Crippen LogP contribution in [-0.4, -0.2) is 46.8 Å². The highest BCUT2D eigenvalue weighted by Crippen LogP contribution is 2.18. The van der Waals surface area contributed by atoms with Gasteiger partial charge in [-0.25, -0.2) is 4.39 Å². The van der Waals surface area contributed by atoms with Crippen LogP contribution < -0.4 is 4.90 Å². The maximum atomic E-state index is 13.0. The predicted octanol–water partition coefficient (Wildman–Crippen LogP) is 1.83. The molecule has 2 heterocycles. The summed E-state index contributed by atoms with van der Waals surface area (Å²) >= 11 is 0. The van der Waals surface area contributed by atoms with E-state index in [0.29, 0.717) is 18.7 Å². The van der Waals surface area contributed by atoms with Gasteiger partial charge in [-0.1, -0.05) is 0 Å². The molecule has 22 heavy (non-hydrogen) atoms. The zero-order valence-electron chi connectivity index (χ0n) is 12.8. The van der Waals surface area contributed by atoms with E-state index in [1.54, 1.807) is 23.0 Å². The molecule has 0 saturated carbocycles. The standard InChI is InChI=1S/C16H19FN4O/c1-12-15(11-18-19(12)2)16(22)21-9-7-20(8-10-21)14-5-3-13(17)4-6-14/h3-6,11H,7-10H2,1-2H3. The summed E-state index contributed by atoms with van der Waals surface area (Å²) in [5, 5.41) is 4.13. The zero-order chi connectivity index (χ0) is 15.7. The number of halogens is 1. The largest absolute Gasteiger partial charge is 0.368 e. The number of hydrogen-bond donors (Lipinski definition) is 0. The van der Waals surface area contributed by atoms with Crippen LogP contribution in [0.15, 0.2) is 30.5 Å². The SMILES string of the molecule is Cc1c(C(=O)N2CCN(c3ccc(F)cc3)CC2)cnn1C. The second kappa shape index (κ2) is 5.79. The first kappa shape index (κ1) is 14.6. The number of carbonyl (C=O) groups excluding carboxylic acids is 1. The van der Waals surface area contributed by atoms with Crippen LogP contribution in [0.4, 0.5) is 10.1 Å². The van der Waals surface area contributed by atoms with E-state index in [1.807, 2.05) is 18.9 Å². The van der Waals surface area contributed by atoms with Gasteiger partial charge in [-0.3, -0.25) is 9.48 Å². The molecule has 0 radical (unpaired) electrons. The lowest BCUT2D eigenvalue weighted by Crippen LogP contribution is -2.48. The van der Waals surface area contributed by atoms with E-state index >= 15 is 0 Å². The summed E-state index contributed by atoms with van der Waals surface area (Å²) in [4.78, 5) is 16.5. The summed E-state index contributed by atoms with van der Waals surface area (Å²) in [5.41, 5.74) is 2.54. The smallest absolute Gasteiger partial charge is 0.257 e. The van der Waals surface area contributed by atoms with Crippen molar-refractivity contribution in [2.75, 3.05) is 31.1 Å². The van der Waals surface area contributed by atoms with Gasteiger partial charge in [-0.2, -0.15) is 5.10 Å². The van der Waals surface area contributed by atoms with Crippen molar-refractivity contribution in [1.82, 2.24) is 14.7 Å². The topological polar surface area (TPSA) is 41.4 Å². The summed E-state index contributed by atoms with van der Waals surface area (Å²) in [6.45, 7) is 4.71. The third-order valence-electron chi connectivity index (χ3n) is 4.22. The monoisotopic (exact) mass is 302 g/mol. The molecule has 1 saturated heterocycles. The first-order valence-corrected chi connectivity index (χ1v) is 7.34. The van der Waals surface area contributed by atoms with Crippen molar-refractivity contribution in [3.05, 3.63) is 47.5 Å². The lowest BCUT2D eigenvalue weighted by molar-refractivity contribution is 0.0746. The maximum absolute atomic E-state index is 13.0. The minimum Gasteiger partial charge on any atom is -0.368 e. The second-order valence-electron chi connectivity index (χ2n) is 5.52. The van der Waals surface area contributed by atoms with Gasteiger partial charge >= 0.3 is 0 Å². The van der Waals surface area contributed by atoms with E-state index in [1.165, 1.54) is 12.1 Å². The number of anilines is 1. The molecule has 0 N–H and O–H groups in total. The quantitative estimate of drug-likeness (QED) is 0.850. The van der Waals surface area contributed by atoms with E-state index < -0.39 is 0 Å². The number of aromatic nitrogens is 2. The average molecular weight is 302 g/mol. The predicted molar refractivity (Wildman–Crippen MR) is 82.5 cm³/mol. The van der Waals surface area contributed by atoms with Crippen molar-refractivity contribution >= 4 is 11.6 Å². The molecule has 1 fully saturated rings. The van der Waals surface area contributed by atoms with Crippen LogP contribution in [0, 0.1) is 12.7 Å². The number of hydrogen-bond acceptors (Lipinski definition) is 3. The molecular formula is C16H19FN4O. The fraction of sp³-hybridized carbons (Fsp3) is 0.375. The first-order chi connectivity index (χ1) is 10.6. The average Bonchev–Trinajstić information content (AvgIpc) is 2.87. The van der Waals surface area contributed by atoms with E-state index in [4.69, 9.17) is 0 Å². The Labute approximate surface area is 128 Å². The van der Waals surface area contributed by atoms with Crippen LogP contribution in [0.1, 0.15) is 16.1 Å². The Balaban J connectivity index is 1.65. The summed E-state index contributed by atoms with van der Waals surface area (Å²) in [6.07, 6.45) is 1.63. The van der Waals surface area contributed by atoms with Crippen LogP contribution >= 0.6 is 0 Å². The molecule has 3 rings (SSSR count). The Morgan fingerprint density at radius 2 is 1.77 bits per heavy atom. The van der Waals surface area contributed by atoms with Crippen molar-refractivity contribution in [2.45, 2.75) is 6.92 Å². The van der Waals surface area contributed by atoms with Crippen molar-refractivity contribution in [1.29, 1.82) is 0 Å². The molecule has 0 spiro atoms. The van der Waals surface area contributed by atoms with Gasteiger partial charge in [0.15, 0.2) is 0 Å². The Bertz CT molecular complexity index is 672. The van der Waals surface area contributed by atoms with Gasteiger partial charge < -0.3 is 9.80 Å². The zero-order valence-corrected chi connectivity index (χ0v) is 12.8. The highest BCUT2D eigenvalue weighted by Gasteiger charge is 2.24. The molecule has 1 aromatic carbocycles. The molecule has 1 aliphatic heterocycles. The third-order valence-corrected chi connectivity index (χ3v) is 4.22. The van der Waals surface area contributed by atoms with Gasteiger partial charge in [0.2, 0.25) is 0 Å². The highest BCUT2D eigenvalue weighted by molar-refractivity contribution is 5.95. The van der Waals surface area contributed by atoms with Gasteiger partial charge in [-0.05, 0) is 31.2 Å². The maximum Gasteiger partial charge on any atom is 0.257 e. The Morgan fingerprint density at radius 3 is 2.32 bits per heavy atom. The Kier molecular flexibility index (Phi) is 3.83. The van der Waals surface area contributed by atoms with Crippen molar-refractivity contribution in [3.8, 4) is 0 Å². The first-order valence-electron chi connectivity index (χ1n) is 7.34. The minimum absolute atomic E-state index is 0.0318. The number of piperazine rings is 1. The summed E-state index contributed by atoms with van der Waals surface area (Å²) in [6, 6.07) is 6.48. The highest BCUT2D eigenvalue weighted by atomic mass is 19.1. The summed E-state index contributed by atoms with van der Waals surface area (Å²) < 4.78 is 14.7. The third kappa shape index (κ3) is 2.68. The second-order valence-corrected chi connectivity index (χ2v) is 5.52. The molecule has 116 valence electrons. The summed E-state index contributed by atoms with van der Waals surface area (Å²) in [7, 11) is 1.83. The fourth-order valence-corrected chi connectivity index (χ4v) is 2.70. The molecular weight excluding hydrogens is 283 g/mol. The van der Waals surface area contributed by atoms with Gasteiger partial charge in [0.25, 0.3) is 5.91 Å². The van der Waals surface area contributed by atoms with E-state index in [0.717, 1.165) is 24.5 Å². The van der Waals surface area contributed by atoms with Gasteiger partial charge in [-0.15, -0.1) is 0 Å². The van der Waals surface area contributed by atoms with Gasteiger partial charge in [0.1, 0.15) is 5.82 Å². The minimum atomic E-state index is -0.232. The van der Waals surface area contributed by atoms with Crippen LogP contribution in [0.25, 0.3) is 0 Å². The van der Waals surface area contributed by atoms with Crippen molar-refractivity contribution in [3.63, 3.8) is 0 Å². The van der Waals surface area contributed by atoms with Crippen LogP contribution in [0.2, 0.25) is 0 Å². The molecule has 1 amide bonds. The normalized spacial score (nSPS) is 15.2. The van der Waals surface area contributed by atoms with Crippen LogP contribution in [0.3, 0.4) is 0 Å². The van der Waals surface area contributed by atoms with Crippen LogP contribution in [-0.2, 0) is 7.05 Å². The molecule has 2 aromatic rings. The Hall–Kier alpha value is -2.37. The molecule has 5 nitrogen and oxygen atoms in total. The van der Waals surface area contributed by atoms with E-state index in [-0.39, 0.29) is 11.7 Å². The molecule has 0 unspecified atom stereocenters. The fourth-order valence-electron chi connectivity index (χ4n) is 2.70. The number of aryl methyl sites for hydroxylation is 1. The van der Waals surface area contributed by atoms with Gasteiger partial charge in [0, 0.05) is 44.6 Å². The van der Waals surface area contributed by atoms with E-state index in [2.05, 4.69) is 10.00 Å².